The number of amides is 1. The van der Waals surface area contributed by atoms with Crippen molar-refractivity contribution < 1.29 is 4.79 Å². The fourth-order valence-corrected chi connectivity index (χ4v) is 3.42. The molecule has 1 aromatic carbocycles. The van der Waals surface area contributed by atoms with E-state index >= 15 is 0 Å². The van der Waals surface area contributed by atoms with Crippen molar-refractivity contribution in [2.75, 3.05) is 5.32 Å². The normalized spacial score (nSPS) is 29.0. The second-order valence-electron chi connectivity index (χ2n) is 5.48. The van der Waals surface area contributed by atoms with E-state index in [1.165, 1.54) is 0 Å². The number of hydrogen-bond donors (Lipinski definition) is 1. The van der Waals surface area contributed by atoms with E-state index in [1.807, 2.05) is 18.2 Å². The highest BCUT2D eigenvalue weighted by atomic mass is 35.5. The van der Waals surface area contributed by atoms with Gasteiger partial charge in [0.2, 0.25) is 5.91 Å². The van der Waals surface area contributed by atoms with Gasteiger partial charge < -0.3 is 5.32 Å². The minimum atomic E-state index is 0.166. The van der Waals surface area contributed by atoms with Crippen molar-refractivity contribution in [3.05, 3.63) is 41.4 Å². The molecular weight excluding hydrogens is 258 g/mol. The topological polar surface area (TPSA) is 29.1 Å². The summed E-state index contributed by atoms with van der Waals surface area (Å²) in [5.74, 6) is 1.55. The first-order valence-electron chi connectivity index (χ1n) is 6.97. The molecular formula is C16H18ClNO. The molecule has 2 aliphatic carbocycles. The van der Waals surface area contributed by atoms with Gasteiger partial charge in [-0.05, 0) is 55.7 Å². The van der Waals surface area contributed by atoms with E-state index in [0.29, 0.717) is 16.9 Å². The summed E-state index contributed by atoms with van der Waals surface area (Å²) in [5.41, 5.74) is 0.801. The number of carbonyl (C=O) groups is 1. The van der Waals surface area contributed by atoms with Crippen LogP contribution in [0.3, 0.4) is 0 Å². The number of anilines is 1. The van der Waals surface area contributed by atoms with Crippen LogP contribution in [0.15, 0.2) is 36.4 Å². The Morgan fingerprint density at radius 1 is 1.16 bits per heavy atom. The van der Waals surface area contributed by atoms with Gasteiger partial charge in [-0.1, -0.05) is 29.8 Å². The second-order valence-corrected chi connectivity index (χ2v) is 5.92. The third-order valence-electron chi connectivity index (χ3n) is 4.23. The lowest BCUT2D eigenvalue weighted by Gasteiger charge is -2.05. The molecule has 0 aromatic heterocycles. The number of rotatable bonds is 2. The first-order valence-corrected chi connectivity index (χ1v) is 7.35. The Labute approximate surface area is 118 Å². The van der Waals surface area contributed by atoms with Crippen LogP contribution in [0.5, 0.6) is 0 Å². The maximum Gasteiger partial charge on any atom is 0.228 e. The minimum Gasteiger partial charge on any atom is -0.326 e. The third-order valence-corrected chi connectivity index (χ3v) is 4.46. The minimum absolute atomic E-state index is 0.166. The lowest BCUT2D eigenvalue weighted by atomic mass is 10.1. The molecule has 0 saturated heterocycles. The van der Waals surface area contributed by atoms with Crippen LogP contribution in [0.4, 0.5) is 5.69 Å². The van der Waals surface area contributed by atoms with E-state index in [-0.39, 0.29) is 11.8 Å². The number of fused-ring (bicyclic) bond motifs is 1. The van der Waals surface area contributed by atoms with Crippen molar-refractivity contribution in [2.24, 2.45) is 17.8 Å². The molecule has 3 rings (SSSR count). The lowest BCUT2D eigenvalue weighted by molar-refractivity contribution is -0.117. The monoisotopic (exact) mass is 275 g/mol. The van der Waals surface area contributed by atoms with Gasteiger partial charge in [0.15, 0.2) is 0 Å². The van der Waals surface area contributed by atoms with E-state index in [0.717, 1.165) is 31.4 Å². The summed E-state index contributed by atoms with van der Waals surface area (Å²) in [6, 6.07) is 7.35. The van der Waals surface area contributed by atoms with Crippen LogP contribution in [0.2, 0.25) is 5.02 Å². The van der Waals surface area contributed by atoms with Gasteiger partial charge in [0.1, 0.15) is 0 Å². The zero-order valence-electron chi connectivity index (χ0n) is 10.8. The molecule has 0 radical (unpaired) electrons. The highest BCUT2D eigenvalue weighted by Crippen LogP contribution is 2.53. The van der Waals surface area contributed by atoms with Crippen molar-refractivity contribution in [3.63, 3.8) is 0 Å². The standard InChI is InChI=1S/C16H18ClNO/c17-11-6-5-7-12(10-11)18-16(19)15-13-8-3-1-2-4-9-14(13)15/h1-2,5-7,10,13-15H,3-4,8-9H2,(H,18,19)/t13-,14-/m1/s1. The molecule has 1 fully saturated rings. The molecule has 0 aliphatic heterocycles. The smallest absolute Gasteiger partial charge is 0.228 e. The third kappa shape index (κ3) is 2.84. The largest absolute Gasteiger partial charge is 0.326 e. The zero-order chi connectivity index (χ0) is 13.2. The first-order chi connectivity index (χ1) is 9.25. The van der Waals surface area contributed by atoms with Crippen molar-refractivity contribution in [3.8, 4) is 0 Å². The van der Waals surface area contributed by atoms with E-state index in [1.54, 1.807) is 6.07 Å². The quantitative estimate of drug-likeness (QED) is 0.803. The number of carbonyl (C=O) groups excluding carboxylic acids is 1. The van der Waals surface area contributed by atoms with Crippen molar-refractivity contribution in [2.45, 2.75) is 25.7 Å². The van der Waals surface area contributed by atoms with E-state index < -0.39 is 0 Å². The molecule has 1 saturated carbocycles. The Morgan fingerprint density at radius 3 is 2.47 bits per heavy atom. The number of hydrogen-bond acceptors (Lipinski definition) is 1. The van der Waals surface area contributed by atoms with Crippen LogP contribution in [0.1, 0.15) is 25.7 Å². The SMILES string of the molecule is O=C(Nc1cccc(Cl)c1)C1[C@@H]2CCC=CCC[C@@H]12. The van der Waals surface area contributed by atoms with Crippen LogP contribution < -0.4 is 5.32 Å². The van der Waals surface area contributed by atoms with Crippen LogP contribution in [-0.2, 0) is 4.79 Å². The van der Waals surface area contributed by atoms with Gasteiger partial charge in [0, 0.05) is 16.6 Å². The average molecular weight is 276 g/mol. The molecule has 2 nitrogen and oxygen atoms in total. The van der Waals surface area contributed by atoms with Crippen LogP contribution in [0.25, 0.3) is 0 Å². The Hall–Kier alpha value is -1.28. The fourth-order valence-electron chi connectivity index (χ4n) is 3.23. The van der Waals surface area contributed by atoms with E-state index in [9.17, 15) is 4.79 Å². The van der Waals surface area contributed by atoms with Crippen LogP contribution >= 0.6 is 11.6 Å². The van der Waals surface area contributed by atoms with Gasteiger partial charge in [-0.25, -0.2) is 0 Å². The van der Waals surface area contributed by atoms with Gasteiger partial charge in [-0.15, -0.1) is 0 Å². The summed E-state index contributed by atoms with van der Waals surface area (Å²) < 4.78 is 0. The van der Waals surface area contributed by atoms with E-state index in [4.69, 9.17) is 11.6 Å². The molecule has 0 unspecified atom stereocenters. The van der Waals surface area contributed by atoms with Gasteiger partial charge in [0.25, 0.3) is 0 Å². The Bertz CT molecular complexity index is 495. The van der Waals surface area contributed by atoms with Crippen molar-refractivity contribution in [1.82, 2.24) is 0 Å². The van der Waals surface area contributed by atoms with Gasteiger partial charge in [-0.2, -0.15) is 0 Å². The summed E-state index contributed by atoms with van der Waals surface area (Å²) in [6.07, 6.45) is 9.02. The number of benzene rings is 1. The molecule has 1 aromatic rings. The van der Waals surface area contributed by atoms with Gasteiger partial charge in [-0.3, -0.25) is 4.79 Å². The number of allylic oxidation sites excluding steroid dienone is 2. The van der Waals surface area contributed by atoms with Gasteiger partial charge in [0.05, 0.1) is 0 Å². The van der Waals surface area contributed by atoms with Crippen molar-refractivity contribution in [1.29, 1.82) is 0 Å². The maximum atomic E-state index is 12.3. The van der Waals surface area contributed by atoms with Crippen LogP contribution in [0, 0.1) is 17.8 Å². The predicted octanol–water partition coefficient (Wildman–Crippen LogP) is 4.27. The van der Waals surface area contributed by atoms with Crippen LogP contribution in [-0.4, -0.2) is 5.91 Å². The summed E-state index contributed by atoms with van der Waals surface area (Å²) >= 11 is 5.93. The average Bonchev–Trinajstić information content (AvgIpc) is 3.00. The maximum absolute atomic E-state index is 12.3. The molecule has 0 heterocycles. The summed E-state index contributed by atoms with van der Waals surface area (Å²) in [5, 5.41) is 3.65. The van der Waals surface area contributed by atoms with Crippen molar-refractivity contribution >= 4 is 23.2 Å². The number of halogens is 1. The number of nitrogens with one attached hydrogen (secondary N) is 1. The molecule has 2 aliphatic rings. The molecule has 1 amide bonds. The van der Waals surface area contributed by atoms with E-state index in [2.05, 4.69) is 17.5 Å². The zero-order valence-corrected chi connectivity index (χ0v) is 11.6. The molecule has 100 valence electrons. The molecule has 0 bridgehead atoms. The lowest BCUT2D eigenvalue weighted by Crippen LogP contribution is -2.15. The van der Waals surface area contributed by atoms with Gasteiger partial charge >= 0.3 is 0 Å². The predicted molar refractivity (Wildman–Crippen MR) is 78.2 cm³/mol. The Morgan fingerprint density at radius 2 is 1.84 bits per heavy atom. The Balaban J connectivity index is 1.63. The molecule has 3 heteroatoms. The first kappa shape index (κ1) is 12.7. The second kappa shape index (κ2) is 5.38. The molecule has 0 spiro atoms. The summed E-state index contributed by atoms with van der Waals surface area (Å²) in [7, 11) is 0. The highest BCUT2D eigenvalue weighted by molar-refractivity contribution is 6.30. The molecule has 19 heavy (non-hydrogen) atoms. The molecule has 1 N–H and O–H groups in total. The summed E-state index contributed by atoms with van der Waals surface area (Å²) in [4.78, 5) is 12.3. The summed E-state index contributed by atoms with van der Waals surface area (Å²) in [6.45, 7) is 0. The fraction of sp³-hybridized carbons (Fsp3) is 0.438. The molecule has 2 atom stereocenters. The Kier molecular flexibility index (Phi) is 3.61. The highest BCUT2D eigenvalue weighted by Gasteiger charge is 2.53.